The summed E-state index contributed by atoms with van der Waals surface area (Å²) in [6.45, 7) is 0. The molecule has 0 N–H and O–H groups in total. The second kappa shape index (κ2) is 6.77. The van der Waals surface area contributed by atoms with E-state index >= 15 is 0 Å². The molecule has 25 heavy (non-hydrogen) atoms. The van der Waals surface area contributed by atoms with Crippen LogP contribution < -0.4 is 4.74 Å². The standard InChI is InChI=1S/C15H12N6O3S/c1-22-11-6-4-10(5-7-11)21-15(17-19-20-21)25-9-13-16-14(18-24-13)12-3-2-8-23-12/h2-8H,9H2,1H3. The highest BCUT2D eigenvalue weighted by atomic mass is 32.2. The molecule has 4 rings (SSSR count). The number of hydrogen-bond acceptors (Lipinski definition) is 9. The van der Waals surface area contributed by atoms with Crippen molar-refractivity contribution >= 4 is 11.8 Å². The lowest BCUT2D eigenvalue weighted by atomic mass is 10.3. The number of furan rings is 1. The Morgan fingerprint density at radius 1 is 1.20 bits per heavy atom. The van der Waals surface area contributed by atoms with Crippen LogP contribution in [0, 0.1) is 0 Å². The van der Waals surface area contributed by atoms with Crippen molar-refractivity contribution in [1.82, 2.24) is 30.3 Å². The van der Waals surface area contributed by atoms with E-state index in [0.29, 0.717) is 28.4 Å². The molecule has 0 radical (unpaired) electrons. The van der Waals surface area contributed by atoms with Gasteiger partial charge >= 0.3 is 0 Å². The Hall–Kier alpha value is -3.14. The van der Waals surface area contributed by atoms with Crippen molar-refractivity contribution in [3.05, 3.63) is 48.6 Å². The molecular formula is C15H12N6O3S. The molecular weight excluding hydrogens is 344 g/mol. The molecule has 1 aromatic carbocycles. The Kier molecular flexibility index (Phi) is 4.17. The zero-order valence-corrected chi connectivity index (χ0v) is 13.9. The van der Waals surface area contributed by atoms with Gasteiger partial charge < -0.3 is 13.7 Å². The SMILES string of the molecule is COc1ccc(-n2nnnc2SCc2nc(-c3ccco3)no2)cc1. The lowest BCUT2D eigenvalue weighted by Crippen LogP contribution is -1.99. The van der Waals surface area contributed by atoms with Crippen molar-refractivity contribution in [3.63, 3.8) is 0 Å². The van der Waals surface area contributed by atoms with E-state index in [4.69, 9.17) is 13.7 Å². The molecule has 0 amide bonds. The first-order valence-corrected chi connectivity index (χ1v) is 8.24. The lowest BCUT2D eigenvalue weighted by molar-refractivity contribution is 0.390. The smallest absolute Gasteiger partial charge is 0.238 e. The van der Waals surface area contributed by atoms with Gasteiger partial charge in [-0.3, -0.25) is 0 Å². The van der Waals surface area contributed by atoms with Crippen LogP contribution in [-0.4, -0.2) is 37.5 Å². The van der Waals surface area contributed by atoms with Crippen molar-refractivity contribution in [1.29, 1.82) is 0 Å². The maximum atomic E-state index is 5.24. The average Bonchev–Trinajstić information content (AvgIpc) is 3.40. The molecule has 126 valence electrons. The van der Waals surface area contributed by atoms with Crippen LogP contribution in [0.1, 0.15) is 5.89 Å². The number of methoxy groups -OCH3 is 1. The van der Waals surface area contributed by atoms with E-state index in [1.165, 1.54) is 11.8 Å². The van der Waals surface area contributed by atoms with Gasteiger partial charge in [-0.15, -0.1) is 5.10 Å². The number of ether oxygens (including phenoxy) is 1. The molecule has 0 saturated carbocycles. The zero-order chi connectivity index (χ0) is 17.1. The summed E-state index contributed by atoms with van der Waals surface area (Å²) in [6, 6.07) is 11.0. The Balaban J connectivity index is 1.48. The molecule has 3 aromatic heterocycles. The van der Waals surface area contributed by atoms with Crippen LogP contribution in [0.5, 0.6) is 5.75 Å². The van der Waals surface area contributed by atoms with E-state index in [2.05, 4.69) is 25.7 Å². The highest BCUT2D eigenvalue weighted by Crippen LogP contribution is 2.24. The van der Waals surface area contributed by atoms with Crippen molar-refractivity contribution in [2.24, 2.45) is 0 Å². The van der Waals surface area contributed by atoms with Gasteiger partial charge in [0.25, 0.3) is 0 Å². The van der Waals surface area contributed by atoms with Gasteiger partial charge in [0.1, 0.15) is 5.75 Å². The molecule has 0 unspecified atom stereocenters. The minimum absolute atomic E-state index is 0.412. The lowest BCUT2D eigenvalue weighted by Gasteiger charge is -2.04. The van der Waals surface area contributed by atoms with E-state index in [1.54, 1.807) is 30.2 Å². The largest absolute Gasteiger partial charge is 0.497 e. The summed E-state index contributed by atoms with van der Waals surface area (Å²) in [5.74, 6) is 2.63. The molecule has 0 aliphatic carbocycles. The molecule has 3 heterocycles. The number of hydrogen-bond donors (Lipinski definition) is 0. The van der Waals surface area contributed by atoms with E-state index in [0.717, 1.165) is 11.4 Å². The summed E-state index contributed by atoms with van der Waals surface area (Å²) in [5, 5.41) is 16.3. The van der Waals surface area contributed by atoms with Crippen LogP contribution in [0.15, 0.2) is 56.8 Å². The zero-order valence-electron chi connectivity index (χ0n) is 13.1. The molecule has 9 nitrogen and oxygen atoms in total. The first-order chi connectivity index (χ1) is 12.3. The molecule has 0 bridgehead atoms. The summed E-state index contributed by atoms with van der Waals surface area (Å²) in [4.78, 5) is 4.29. The van der Waals surface area contributed by atoms with Crippen molar-refractivity contribution in [3.8, 4) is 23.0 Å². The second-order valence-electron chi connectivity index (χ2n) is 4.85. The maximum Gasteiger partial charge on any atom is 0.238 e. The topological polar surface area (TPSA) is 105 Å². The van der Waals surface area contributed by atoms with Crippen LogP contribution in [0.4, 0.5) is 0 Å². The molecule has 0 saturated heterocycles. The normalized spacial score (nSPS) is 10.9. The molecule has 4 aromatic rings. The Bertz CT molecular complexity index is 948. The fourth-order valence-corrected chi connectivity index (χ4v) is 2.83. The number of nitrogens with zero attached hydrogens (tertiary/aromatic N) is 6. The first-order valence-electron chi connectivity index (χ1n) is 7.25. The van der Waals surface area contributed by atoms with Crippen molar-refractivity contribution in [2.45, 2.75) is 10.9 Å². The molecule has 0 fully saturated rings. The van der Waals surface area contributed by atoms with Gasteiger partial charge in [0.15, 0.2) is 5.76 Å². The summed E-state index contributed by atoms with van der Waals surface area (Å²) in [7, 11) is 1.62. The summed E-state index contributed by atoms with van der Waals surface area (Å²) < 4.78 is 17.3. The number of benzene rings is 1. The van der Waals surface area contributed by atoms with Gasteiger partial charge in [-0.1, -0.05) is 16.9 Å². The first kappa shape index (κ1) is 15.4. The summed E-state index contributed by atoms with van der Waals surface area (Å²) >= 11 is 1.39. The third-order valence-corrected chi connectivity index (χ3v) is 4.20. The van der Waals surface area contributed by atoms with Gasteiger partial charge in [0.05, 0.1) is 24.8 Å². The minimum atomic E-state index is 0.412. The molecule has 0 aliphatic heterocycles. The van der Waals surface area contributed by atoms with Crippen LogP contribution in [0.3, 0.4) is 0 Å². The third-order valence-electron chi connectivity index (χ3n) is 3.29. The molecule has 0 spiro atoms. The van der Waals surface area contributed by atoms with Crippen LogP contribution in [0.25, 0.3) is 17.3 Å². The fraction of sp³-hybridized carbons (Fsp3) is 0.133. The highest BCUT2D eigenvalue weighted by Gasteiger charge is 2.14. The third kappa shape index (κ3) is 3.24. The fourth-order valence-electron chi connectivity index (χ4n) is 2.10. The number of aromatic nitrogens is 6. The van der Waals surface area contributed by atoms with Crippen LogP contribution in [-0.2, 0) is 5.75 Å². The average molecular weight is 356 g/mol. The predicted molar refractivity (Wildman–Crippen MR) is 87.3 cm³/mol. The number of thioether (sulfide) groups is 1. The monoisotopic (exact) mass is 356 g/mol. The second-order valence-corrected chi connectivity index (χ2v) is 5.79. The molecule has 0 atom stereocenters. The van der Waals surface area contributed by atoms with Gasteiger partial charge in [0, 0.05) is 0 Å². The van der Waals surface area contributed by atoms with Gasteiger partial charge in [-0.2, -0.15) is 9.67 Å². The summed E-state index contributed by atoms with van der Waals surface area (Å²) in [5.41, 5.74) is 0.829. The van der Waals surface area contributed by atoms with Gasteiger partial charge in [-0.05, 0) is 46.8 Å². The highest BCUT2D eigenvalue weighted by molar-refractivity contribution is 7.98. The quantitative estimate of drug-likeness (QED) is 0.482. The Morgan fingerprint density at radius 2 is 2.08 bits per heavy atom. The van der Waals surface area contributed by atoms with Gasteiger partial charge in [-0.25, -0.2) is 0 Å². The van der Waals surface area contributed by atoms with Crippen LogP contribution in [0.2, 0.25) is 0 Å². The summed E-state index contributed by atoms with van der Waals surface area (Å²) in [6.07, 6.45) is 1.56. The Labute approximate surface area is 146 Å². The maximum absolute atomic E-state index is 5.24. The molecule has 10 heteroatoms. The van der Waals surface area contributed by atoms with Crippen molar-refractivity contribution in [2.75, 3.05) is 7.11 Å². The van der Waals surface area contributed by atoms with E-state index in [9.17, 15) is 0 Å². The predicted octanol–water partition coefficient (Wildman–Crippen LogP) is 2.61. The van der Waals surface area contributed by atoms with Gasteiger partial charge in [0.2, 0.25) is 16.9 Å². The minimum Gasteiger partial charge on any atom is -0.497 e. The molecule has 0 aliphatic rings. The van der Waals surface area contributed by atoms with E-state index in [1.807, 2.05) is 24.3 Å². The Morgan fingerprint density at radius 3 is 2.84 bits per heavy atom. The van der Waals surface area contributed by atoms with E-state index in [-0.39, 0.29) is 0 Å². The van der Waals surface area contributed by atoms with E-state index < -0.39 is 0 Å². The number of rotatable bonds is 6. The van der Waals surface area contributed by atoms with Crippen LogP contribution >= 0.6 is 11.8 Å². The number of tetrazole rings is 1. The van der Waals surface area contributed by atoms with Crippen molar-refractivity contribution < 1.29 is 13.7 Å².